The van der Waals surface area contributed by atoms with Crippen molar-refractivity contribution in [1.29, 1.82) is 0 Å². The van der Waals surface area contributed by atoms with Crippen LogP contribution in [-0.4, -0.2) is 39.7 Å². The fourth-order valence-corrected chi connectivity index (χ4v) is 3.51. The summed E-state index contributed by atoms with van der Waals surface area (Å²) in [5, 5.41) is 7.33. The number of hydrogen-bond donors (Lipinski definition) is 1. The van der Waals surface area contributed by atoms with Gasteiger partial charge in [-0.25, -0.2) is 4.39 Å². The van der Waals surface area contributed by atoms with Crippen LogP contribution in [0.3, 0.4) is 0 Å². The van der Waals surface area contributed by atoms with E-state index >= 15 is 0 Å². The molecule has 1 aliphatic heterocycles. The Kier molecular flexibility index (Phi) is 6.04. The van der Waals surface area contributed by atoms with Gasteiger partial charge in [-0.05, 0) is 42.0 Å². The smallest absolute Gasteiger partial charge is 0.220 e. The lowest BCUT2D eigenvalue weighted by Gasteiger charge is -2.32. The zero-order valence-corrected chi connectivity index (χ0v) is 15.5. The molecule has 0 radical (unpaired) electrons. The number of amides is 1. The maximum absolute atomic E-state index is 13.3. The zero-order valence-electron chi connectivity index (χ0n) is 15.5. The molecular formula is C20H27FN4O. The SMILES string of the molecule is CC(CC(=O)NC1CCN(Cc2cccc(F)c2)CC1)c1cnn(C)c1. The Morgan fingerprint density at radius 2 is 2.15 bits per heavy atom. The number of hydrogen-bond acceptors (Lipinski definition) is 3. The summed E-state index contributed by atoms with van der Waals surface area (Å²) in [7, 11) is 1.88. The lowest BCUT2D eigenvalue weighted by molar-refractivity contribution is -0.122. The number of aryl methyl sites for hydroxylation is 1. The Labute approximate surface area is 154 Å². The van der Waals surface area contributed by atoms with E-state index < -0.39 is 0 Å². The molecule has 1 aromatic heterocycles. The van der Waals surface area contributed by atoms with Gasteiger partial charge in [0.1, 0.15) is 5.82 Å². The predicted octanol–water partition coefficient (Wildman–Crippen LogP) is 2.83. The highest BCUT2D eigenvalue weighted by molar-refractivity contribution is 5.77. The first-order valence-electron chi connectivity index (χ1n) is 9.24. The van der Waals surface area contributed by atoms with E-state index in [2.05, 4.69) is 22.2 Å². The van der Waals surface area contributed by atoms with Gasteiger partial charge in [-0.3, -0.25) is 14.4 Å². The van der Waals surface area contributed by atoms with Crippen molar-refractivity contribution in [2.75, 3.05) is 13.1 Å². The highest BCUT2D eigenvalue weighted by Gasteiger charge is 2.22. The molecule has 0 bridgehead atoms. The molecule has 2 heterocycles. The van der Waals surface area contributed by atoms with Gasteiger partial charge in [-0.2, -0.15) is 5.10 Å². The molecule has 26 heavy (non-hydrogen) atoms. The summed E-state index contributed by atoms with van der Waals surface area (Å²) in [4.78, 5) is 14.6. The van der Waals surface area contributed by atoms with Gasteiger partial charge in [0.15, 0.2) is 0 Å². The van der Waals surface area contributed by atoms with Crippen LogP contribution in [0.15, 0.2) is 36.7 Å². The molecule has 140 valence electrons. The van der Waals surface area contributed by atoms with Gasteiger partial charge >= 0.3 is 0 Å². The third-order valence-corrected chi connectivity index (χ3v) is 5.03. The Balaban J connectivity index is 1.41. The van der Waals surface area contributed by atoms with Crippen molar-refractivity contribution in [3.8, 4) is 0 Å². The predicted molar refractivity (Wildman–Crippen MR) is 99.1 cm³/mol. The lowest BCUT2D eigenvalue weighted by atomic mass is 9.99. The maximum Gasteiger partial charge on any atom is 0.220 e. The standard InChI is InChI=1S/C20H27FN4O/c1-15(17-12-22-24(2)14-17)10-20(26)23-19-6-8-25(9-7-19)13-16-4-3-5-18(21)11-16/h3-5,11-12,14-15,19H,6-10,13H2,1-2H3,(H,23,26). The summed E-state index contributed by atoms with van der Waals surface area (Å²) < 4.78 is 15.0. The molecule has 1 fully saturated rings. The van der Waals surface area contributed by atoms with E-state index in [4.69, 9.17) is 0 Å². The molecule has 0 aliphatic carbocycles. The van der Waals surface area contributed by atoms with Gasteiger partial charge in [-0.1, -0.05) is 19.1 Å². The molecule has 3 rings (SSSR count). The monoisotopic (exact) mass is 358 g/mol. The number of rotatable bonds is 6. The molecule has 6 heteroatoms. The summed E-state index contributed by atoms with van der Waals surface area (Å²) >= 11 is 0. The van der Waals surface area contributed by atoms with Crippen LogP contribution in [0.25, 0.3) is 0 Å². The van der Waals surface area contributed by atoms with Gasteiger partial charge in [0.05, 0.1) is 6.20 Å². The average Bonchev–Trinajstić information content (AvgIpc) is 3.03. The lowest BCUT2D eigenvalue weighted by Crippen LogP contribution is -2.44. The molecule has 1 N–H and O–H groups in total. The Bertz CT molecular complexity index is 737. The van der Waals surface area contributed by atoms with Gasteiger partial charge in [-0.15, -0.1) is 0 Å². The van der Waals surface area contributed by atoms with E-state index in [1.807, 2.05) is 25.5 Å². The van der Waals surface area contributed by atoms with Crippen molar-refractivity contribution < 1.29 is 9.18 Å². The second-order valence-corrected chi connectivity index (χ2v) is 7.30. The molecule has 1 amide bonds. The van der Waals surface area contributed by atoms with Crippen LogP contribution in [0.5, 0.6) is 0 Å². The molecule has 1 aromatic carbocycles. The van der Waals surface area contributed by atoms with Crippen molar-refractivity contribution >= 4 is 5.91 Å². The molecule has 1 unspecified atom stereocenters. The van der Waals surface area contributed by atoms with Gasteiger partial charge < -0.3 is 5.32 Å². The first kappa shape index (κ1) is 18.6. The van der Waals surface area contributed by atoms with E-state index in [9.17, 15) is 9.18 Å². The number of carbonyl (C=O) groups excluding carboxylic acids is 1. The minimum Gasteiger partial charge on any atom is -0.353 e. The summed E-state index contributed by atoms with van der Waals surface area (Å²) in [6.45, 7) is 4.65. The molecule has 1 aliphatic rings. The molecule has 0 spiro atoms. The number of benzene rings is 1. The van der Waals surface area contributed by atoms with Gasteiger partial charge in [0.25, 0.3) is 0 Å². The molecule has 0 saturated carbocycles. The largest absolute Gasteiger partial charge is 0.353 e. The van der Waals surface area contributed by atoms with Crippen LogP contribution in [0, 0.1) is 5.82 Å². The highest BCUT2D eigenvalue weighted by Crippen LogP contribution is 2.19. The molecule has 2 aromatic rings. The average molecular weight is 358 g/mol. The molecular weight excluding hydrogens is 331 g/mol. The Hall–Kier alpha value is -2.21. The number of likely N-dealkylation sites (tertiary alicyclic amines) is 1. The number of piperidine rings is 1. The minimum absolute atomic E-state index is 0.102. The Morgan fingerprint density at radius 1 is 1.38 bits per heavy atom. The van der Waals surface area contributed by atoms with Crippen molar-refractivity contribution in [2.45, 2.75) is 44.7 Å². The van der Waals surface area contributed by atoms with Crippen LogP contribution in [0.4, 0.5) is 4.39 Å². The van der Waals surface area contributed by atoms with Crippen molar-refractivity contribution in [1.82, 2.24) is 20.0 Å². The van der Waals surface area contributed by atoms with Gasteiger partial charge in [0.2, 0.25) is 5.91 Å². The van der Waals surface area contributed by atoms with Crippen LogP contribution in [0.1, 0.15) is 43.2 Å². The second-order valence-electron chi connectivity index (χ2n) is 7.30. The Morgan fingerprint density at radius 3 is 2.81 bits per heavy atom. The quantitative estimate of drug-likeness (QED) is 0.864. The number of nitrogens with zero attached hydrogens (tertiary/aromatic N) is 3. The number of nitrogens with one attached hydrogen (secondary N) is 1. The third kappa shape index (κ3) is 5.14. The van der Waals surface area contributed by atoms with E-state index in [1.54, 1.807) is 16.8 Å². The number of carbonyl (C=O) groups is 1. The number of halogens is 1. The van der Waals surface area contributed by atoms with Crippen molar-refractivity contribution in [2.24, 2.45) is 7.05 Å². The first-order valence-corrected chi connectivity index (χ1v) is 9.24. The first-order chi connectivity index (χ1) is 12.5. The summed E-state index contributed by atoms with van der Waals surface area (Å²) in [6.07, 6.45) is 6.13. The van der Waals surface area contributed by atoms with Crippen LogP contribution in [-0.2, 0) is 18.4 Å². The fraction of sp³-hybridized carbons (Fsp3) is 0.500. The highest BCUT2D eigenvalue weighted by atomic mass is 19.1. The summed E-state index contributed by atoms with van der Waals surface area (Å²) in [6, 6.07) is 7.00. The normalized spacial score (nSPS) is 17.2. The second kappa shape index (κ2) is 8.45. The van der Waals surface area contributed by atoms with E-state index in [0.717, 1.165) is 43.6 Å². The molecule has 5 nitrogen and oxygen atoms in total. The van der Waals surface area contributed by atoms with E-state index in [0.29, 0.717) is 6.42 Å². The van der Waals surface area contributed by atoms with Gasteiger partial charge in [0, 0.05) is 45.3 Å². The van der Waals surface area contributed by atoms with Crippen LogP contribution >= 0.6 is 0 Å². The molecule has 1 saturated heterocycles. The summed E-state index contributed by atoms with van der Waals surface area (Å²) in [5.74, 6) is 0.0779. The molecule has 1 atom stereocenters. The van der Waals surface area contributed by atoms with Crippen molar-refractivity contribution in [3.63, 3.8) is 0 Å². The number of aromatic nitrogens is 2. The minimum atomic E-state index is -0.188. The summed E-state index contributed by atoms with van der Waals surface area (Å²) in [5.41, 5.74) is 2.09. The fourth-order valence-electron chi connectivity index (χ4n) is 3.51. The van der Waals surface area contributed by atoms with Crippen molar-refractivity contribution in [3.05, 3.63) is 53.6 Å². The maximum atomic E-state index is 13.3. The third-order valence-electron chi connectivity index (χ3n) is 5.03. The zero-order chi connectivity index (χ0) is 18.5. The van der Waals surface area contributed by atoms with E-state index in [1.165, 1.54) is 6.07 Å². The van der Waals surface area contributed by atoms with Crippen LogP contribution in [0.2, 0.25) is 0 Å². The topological polar surface area (TPSA) is 50.2 Å². The van der Waals surface area contributed by atoms with E-state index in [-0.39, 0.29) is 23.7 Å². The van der Waals surface area contributed by atoms with Crippen LogP contribution < -0.4 is 5.32 Å².